The van der Waals surface area contributed by atoms with Crippen LogP contribution in [-0.2, 0) is 19.2 Å². The molecule has 0 saturated carbocycles. The molecule has 2 saturated heterocycles. The van der Waals surface area contributed by atoms with Gasteiger partial charge in [-0.1, -0.05) is 0 Å². The molecule has 0 radical (unpaired) electrons. The van der Waals surface area contributed by atoms with Gasteiger partial charge in [0, 0.05) is 26.4 Å². The Balaban J connectivity index is 1.82. The van der Waals surface area contributed by atoms with Crippen LogP contribution in [0.15, 0.2) is 0 Å². The molecule has 0 bridgehead atoms. The van der Waals surface area contributed by atoms with E-state index in [-0.39, 0.29) is 17.7 Å². The number of hydrogen-bond donors (Lipinski definition) is 4. The summed E-state index contributed by atoms with van der Waals surface area (Å²) in [6.45, 7) is 4.29. The third kappa shape index (κ3) is 7.46. The molecule has 3 amide bonds. The Morgan fingerprint density at radius 1 is 1.14 bits per heavy atom. The van der Waals surface area contributed by atoms with Crippen LogP contribution in [0.25, 0.3) is 0 Å². The second-order valence-corrected chi connectivity index (χ2v) is 7.77. The molecule has 0 spiro atoms. The van der Waals surface area contributed by atoms with Crippen LogP contribution >= 0.6 is 0 Å². The van der Waals surface area contributed by atoms with Crippen LogP contribution in [0.5, 0.6) is 0 Å². The highest BCUT2D eigenvalue weighted by Gasteiger charge is 2.30. The first kappa shape index (κ1) is 22.1. The molecule has 0 aromatic carbocycles. The van der Waals surface area contributed by atoms with Gasteiger partial charge in [-0.05, 0) is 51.1 Å². The van der Waals surface area contributed by atoms with Gasteiger partial charge < -0.3 is 26.0 Å². The quantitative estimate of drug-likeness (QED) is 0.430. The topological polar surface area (TPSA) is 128 Å². The van der Waals surface area contributed by atoms with Crippen molar-refractivity contribution < 1.29 is 24.3 Å². The van der Waals surface area contributed by atoms with Crippen LogP contribution in [0.1, 0.15) is 51.9 Å². The highest BCUT2D eigenvalue weighted by molar-refractivity contribution is 5.83. The molecule has 4 N–H and O–H groups in total. The predicted octanol–water partition coefficient (Wildman–Crippen LogP) is 0.0579. The van der Waals surface area contributed by atoms with Gasteiger partial charge in [-0.25, -0.2) is 0 Å². The third-order valence-electron chi connectivity index (χ3n) is 5.44. The summed E-state index contributed by atoms with van der Waals surface area (Å²) in [6, 6.07) is 0. The van der Waals surface area contributed by atoms with Crippen molar-refractivity contribution in [3.8, 4) is 0 Å². The first-order valence-electron chi connectivity index (χ1n) is 10.1. The molecule has 0 aromatic rings. The summed E-state index contributed by atoms with van der Waals surface area (Å²) in [5.74, 6) is -1.57. The maximum atomic E-state index is 12.6. The fourth-order valence-corrected chi connectivity index (χ4v) is 3.92. The van der Waals surface area contributed by atoms with Crippen LogP contribution < -0.4 is 16.0 Å². The summed E-state index contributed by atoms with van der Waals surface area (Å²) < 4.78 is 0. The molecule has 0 unspecified atom stereocenters. The minimum Gasteiger partial charge on any atom is -0.481 e. The molecule has 2 aliphatic rings. The van der Waals surface area contributed by atoms with E-state index >= 15 is 0 Å². The fourth-order valence-electron chi connectivity index (χ4n) is 3.92. The van der Waals surface area contributed by atoms with Crippen molar-refractivity contribution in [3.63, 3.8) is 0 Å². The number of aliphatic carboxylic acids is 1. The van der Waals surface area contributed by atoms with E-state index in [0.29, 0.717) is 31.8 Å². The smallest absolute Gasteiger partial charge is 0.307 e. The van der Waals surface area contributed by atoms with E-state index in [4.69, 9.17) is 5.11 Å². The highest BCUT2D eigenvalue weighted by Crippen LogP contribution is 2.21. The third-order valence-corrected chi connectivity index (χ3v) is 5.44. The Morgan fingerprint density at radius 2 is 1.86 bits per heavy atom. The van der Waals surface area contributed by atoms with E-state index in [0.717, 1.165) is 38.8 Å². The largest absolute Gasteiger partial charge is 0.481 e. The number of nitrogens with zero attached hydrogens (tertiary/aromatic N) is 1. The Hall–Kier alpha value is -2.16. The van der Waals surface area contributed by atoms with Crippen LogP contribution in [0, 0.1) is 11.8 Å². The summed E-state index contributed by atoms with van der Waals surface area (Å²) in [7, 11) is 0. The van der Waals surface area contributed by atoms with E-state index in [1.165, 1.54) is 6.92 Å². The van der Waals surface area contributed by atoms with Crippen molar-refractivity contribution in [2.45, 2.75) is 58.0 Å². The molecule has 2 fully saturated rings. The van der Waals surface area contributed by atoms with Crippen LogP contribution in [0.2, 0.25) is 0 Å². The predicted molar refractivity (Wildman–Crippen MR) is 102 cm³/mol. The SMILES string of the molecule is CC(=O)N[C@H](CC(=O)O)NC(=O)[C@H]1CCCN(C(=O)CCC2CCNCC2)C1. The highest BCUT2D eigenvalue weighted by atomic mass is 16.4. The number of carbonyl (C=O) groups is 4. The molecular weight excluding hydrogens is 364 g/mol. The maximum Gasteiger partial charge on any atom is 0.307 e. The number of carboxylic acid groups (broad SMARTS) is 1. The number of nitrogens with one attached hydrogen (secondary N) is 3. The Bertz CT molecular complexity index is 561. The van der Waals surface area contributed by atoms with Gasteiger partial charge in [0.1, 0.15) is 6.17 Å². The summed E-state index contributed by atoms with van der Waals surface area (Å²) in [4.78, 5) is 49.0. The molecule has 9 nitrogen and oxygen atoms in total. The van der Waals surface area contributed by atoms with E-state index in [2.05, 4.69) is 16.0 Å². The van der Waals surface area contributed by atoms with Crippen molar-refractivity contribution in [1.29, 1.82) is 0 Å². The summed E-state index contributed by atoms with van der Waals surface area (Å²) in [5.41, 5.74) is 0. The van der Waals surface area contributed by atoms with E-state index in [1.54, 1.807) is 4.90 Å². The number of carbonyl (C=O) groups excluding carboxylic acids is 3. The number of amides is 3. The fraction of sp³-hybridized carbons (Fsp3) is 0.789. The monoisotopic (exact) mass is 396 g/mol. The van der Waals surface area contributed by atoms with Crippen molar-refractivity contribution in [1.82, 2.24) is 20.9 Å². The zero-order valence-electron chi connectivity index (χ0n) is 16.5. The van der Waals surface area contributed by atoms with Crippen molar-refractivity contribution in [2.75, 3.05) is 26.2 Å². The van der Waals surface area contributed by atoms with Gasteiger partial charge in [0.2, 0.25) is 17.7 Å². The van der Waals surface area contributed by atoms with Gasteiger partial charge in [-0.3, -0.25) is 19.2 Å². The van der Waals surface area contributed by atoms with Crippen LogP contribution in [-0.4, -0.2) is 66.0 Å². The number of hydrogen-bond acceptors (Lipinski definition) is 5. The summed E-state index contributed by atoms with van der Waals surface area (Å²) in [6.07, 6.45) is 3.64. The lowest BCUT2D eigenvalue weighted by atomic mass is 9.92. The molecule has 0 aromatic heterocycles. The van der Waals surface area contributed by atoms with Crippen molar-refractivity contribution >= 4 is 23.7 Å². The van der Waals surface area contributed by atoms with E-state index in [9.17, 15) is 19.2 Å². The Labute approximate surface area is 165 Å². The van der Waals surface area contributed by atoms with Crippen molar-refractivity contribution in [3.05, 3.63) is 0 Å². The molecule has 158 valence electrons. The second kappa shape index (κ2) is 11.0. The van der Waals surface area contributed by atoms with Gasteiger partial charge in [0.25, 0.3) is 0 Å². The van der Waals surface area contributed by atoms with Gasteiger partial charge in [0.05, 0.1) is 12.3 Å². The molecular formula is C19H32N4O5. The van der Waals surface area contributed by atoms with Gasteiger partial charge >= 0.3 is 5.97 Å². The Morgan fingerprint density at radius 3 is 2.50 bits per heavy atom. The standard InChI is InChI=1S/C19H32N4O5/c1-13(24)21-16(11-18(26)27)22-19(28)15-3-2-10-23(12-15)17(25)5-4-14-6-8-20-9-7-14/h14-16,20H,2-12H2,1H3,(H,21,24)(H,22,28)(H,26,27)/t15-,16-/m0/s1. The molecule has 28 heavy (non-hydrogen) atoms. The number of carboxylic acids is 1. The zero-order valence-corrected chi connectivity index (χ0v) is 16.5. The number of likely N-dealkylation sites (tertiary alicyclic amines) is 1. The minimum atomic E-state index is -1.11. The second-order valence-electron chi connectivity index (χ2n) is 7.77. The maximum absolute atomic E-state index is 12.6. The zero-order chi connectivity index (χ0) is 20.5. The van der Waals surface area contributed by atoms with Crippen molar-refractivity contribution in [2.24, 2.45) is 11.8 Å². The lowest BCUT2D eigenvalue weighted by molar-refractivity contribution is -0.138. The van der Waals surface area contributed by atoms with Crippen LogP contribution in [0.3, 0.4) is 0 Å². The summed E-state index contributed by atoms with van der Waals surface area (Å²) in [5, 5.41) is 17.3. The Kier molecular flexibility index (Phi) is 8.69. The minimum absolute atomic E-state index is 0.0833. The number of piperidine rings is 2. The normalized spacial score (nSPS) is 21.6. The van der Waals surface area contributed by atoms with Gasteiger partial charge in [0.15, 0.2) is 0 Å². The van der Waals surface area contributed by atoms with Gasteiger partial charge in [-0.2, -0.15) is 0 Å². The first-order chi connectivity index (χ1) is 13.3. The molecule has 2 heterocycles. The number of rotatable bonds is 8. The molecule has 2 atom stereocenters. The average Bonchev–Trinajstić information content (AvgIpc) is 2.66. The molecule has 0 aliphatic carbocycles. The summed E-state index contributed by atoms with van der Waals surface area (Å²) >= 11 is 0. The van der Waals surface area contributed by atoms with E-state index in [1.807, 2.05) is 0 Å². The molecule has 9 heteroatoms. The molecule has 2 aliphatic heterocycles. The van der Waals surface area contributed by atoms with E-state index < -0.39 is 24.5 Å². The molecule has 2 rings (SSSR count). The lowest BCUT2D eigenvalue weighted by Gasteiger charge is -2.33. The van der Waals surface area contributed by atoms with Crippen LogP contribution in [0.4, 0.5) is 0 Å². The first-order valence-corrected chi connectivity index (χ1v) is 10.1. The van der Waals surface area contributed by atoms with Gasteiger partial charge in [-0.15, -0.1) is 0 Å². The lowest BCUT2D eigenvalue weighted by Crippen LogP contribution is -2.53. The average molecular weight is 396 g/mol.